The molecule has 0 radical (unpaired) electrons. The number of para-hydroxylation sites is 1. The van der Waals surface area contributed by atoms with Crippen LogP contribution in [-0.2, 0) is 29.2 Å². The van der Waals surface area contributed by atoms with E-state index in [4.69, 9.17) is 32.5 Å². The third-order valence-electron chi connectivity index (χ3n) is 9.15. The lowest BCUT2D eigenvalue weighted by atomic mass is 10.1. The minimum absolute atomic E-state index is 0.111. The minimum Gasteiger partial charge on any atom is -0.491 e. The van der Waals surface area contributed by atoms with Crippen molar-refractivity contribution in [2.24, 2.45) is 0 Å². The number of hydrogen-bond acceptors (Lipinski definition) is 11. The van der Waals surface area contributed by atoms with Gasteiger partial charge >= 0.3 is 0 Å². The average molecular weight is 778 g/mol. The van der Waals surface area contributed by atoms with Crippen LogP contribution in [0.3, 0.4) is 0 Å². The van der Waals surface area contributed by atoms with Crippen LogP contribution in [0, 0.1) is 0 Å². The van der Waals surface area contributed by atoms with E-state index in [9.17, 15) is 9.59 Å². The Labute approximate surface area is 332 Å². The molecule has 3 heterocycles. The number of hydrogen-bond donors (Lipinski definition) is 0. The van der Waals surface area contributed by atoms with E-state index in [-0.39, 0.29) is 29.8 Å². The molecule has 0 unspecified atom stereocenters. The number of rotatable bonds is 18. The van der Waals surface area contributed by atoms with Gasteiger partial charge in [-0.2, -0.15) is 0 Å². The second kappa shape index (κ2) is 18.3. The molecule has 5 aromatic carbocycles. The quantitative estimate of drug-likeness (QED) is 0.0782. The summed E-state index contributed by atoms with van der Waals surface area (Å²) < 4.78 is 43.2. The highest BCUT2D eigenvalue weighted by Crippen LogP contribution is 2.32. The zero-order chi connectivity index (χ0) is 39.5. The zero-order valence-electron chi connectivity index (χ0n) is 31.5. The molecule has 8 aromatic rings. The molecule has 0 amide bonds. The van der Waals surface area contributed by atoms with Gasteiger partial charge in [0.1, 0.15) is 53.9 Å². The molecule has 12 heteroatoms. The van der Waals surface area contributed by atoms with Crippen LogP contribution in [0.25, 0.3) is 44.6 Å². The third kappa shape index (κ3) is 9.32. The Kier molecular flexibility index (Phi) is 11.9. The van der Waals surface area contributed by atoms with E-state index in [2.05, 4.69) is 10.3 Å². The van der Waals surface area contributed by atoms with Crippen molar-refractivity contribution in [1.29, 1.82) is 0 Å². The molecule has 0 saturated carbocycles. The highest BCUT2D eigenvalue weighted by molar-refractivity contribution is 5.82. The van der Waals surface area contributed by atoms with Crippen LogP contribution in [0.2, 0.25) is 0 Å². The molecular weight excluding hydrogens is 739 g/mol. The second-order valence-corrected chi connectivity index (χ2v) is 13.2. The Morgan fingerprint density at radius 2 is 1.29 bits per heavy atom. The third-order valence-corrected chi connectivity index (χ3v) is 9.15. The summed E-state index contributed by atoms with van der Waals surface area (Å²) in [5.74, 6) is 2.25. The minimum atomic E-state index is -0.224. The molecule has 8 rings (SSSR count). The fraction of sp³-hybridized carbons (Fsp3) is 0.174. The summed E-state index contributed by atoms with van der Waals surface area (Å²) >= 11 is 0. The summed E-state index contributed by atoms with van der Waals surface area (Å²) in [4.78, 5) is 26.1. The van der Waals surface area contributed by atoms with Crippen molar-refractivity contribution in [3.05, 3.63) is 171 Å². The molecule has 0 atom stereocenters. The second-order valence-electron chi connectivity index (χ2n) is 13.2. The van der Waals surface area contributed by atoms with Gasteiger partial charge in [0, 0.05) is 23.3 Å². The number of ether oxygens (including phenoxy) is 5. The lowest BCUT2D eigenvalue weighted by molar-refractivity contribution is 0.0867. The van der Waals surface area contributed by atoms with Gasteiger partial charge in [0.15, 0.2) is 11.2 Å². The van der Waals surface area contributed by atoms with Gasteiger partial charge in [-0.05, 0) is 54.1 Å². The molecule has 0 aliphatic rings. The molecule has 292 valence electrons. The monoisotopic (exact) mass is 777 g/mol. The molecule has 0 N–H and O–H groups in total. The molecule has 0 aliphatic heterocycles. The van der Waals surface area contributed by atoms with Crippen LogP contribution in [0.1, 0.15) is 11.3 Å². The zero-order valence-corrected chi connectivity index (χ0v) is 31.5. The summed E-state index contributed by atoms with van der Waals surface area (Å²) in [5.41, 5.74) is 3.76. The van der Waals surface area contributed by atoms with Crippen LogP contribution in [0.15, 0.2) is 158 Å². The van der Waals surface area contributed by atoms with Gasteiger partial charge in [0.25, 0.3) is 0 Å². The van der Waals surface area contributed by atoms with E-state index in [1.807, 2.05) is 97.2 Å². The number of fused-ring (bicyclic) bond motifs is 2. The summed E-state index contributed by atoms with van der Waals surface area (Å²) in [6.07, 6.45) is 1.81. The molecule has 0 spiro atoms. The predicted molar refractivity (Wildman–Crippen MR) is 218 cm³/mol. The van der Waals surface area contributed by atoms with Crippen LogP contribution in [0.5, 0.6) is 17.2 Å². The van der Waals surface area contributed by atoms with Gasteiger partial charge in [-0.1, -0.05) is 78.0 Å². The van der Waals surface area contributed by atoms with E-state index in [1.54, 1.807) is 41.1 Å². The molecule has 0 saturated heterocycles. The van der Waals surface area contributed by atoms with Crippen molar-refractivity contribution >= 4 is 21.9 Å². The molecular formula is C46H39N3O9. The van der Waals surface area contributed by atoms with E-state index in [0.717, 1.165) is 11.1 Å². The summed E-state index contributed by atoms with van der Waals surface area (Å²) in [6.45, 7) is 2.80. The first-order chi connectivity index (χ1) is 28.6. The maximum atomic E-state index is 13.5. The first-order valence-electron chi connectivity index (χ1n) is 18.8. The highest BCUT2D eigenvalue weighted by atomic mass is 16.5. The SMILES string of the molecule is O=c1cc(-c2ccccc2)oc2cc(OCCOCc3cn(CCOCCOc4ccc(-c5oc6ccccc6c(=O)c5OCc5ccccc5)cc4)nn3)ccc12. The lowest BCUT2D eigenvalue weighted by Crippen LogP contribution is -2.12. The fourth-order valence-electron chi connectivity index (χ4n) is 6.24. The van der Waals surface area contributed by atoms with Crippen molar-refractivity contribution < 1.29 is 32.5 Å². The van der Waals surface area contributed by atoms with Crippen molar-refractivity contribution in [3.8, 4) is 39.9 Å². The number of nitrogens with zero attached hydrogens (tertiary/aromatic N) is 3. The highest BCUT2D eigenvalue weighted by Gasteiger charge is 2.18. The van der Waals surface area contributed by atoms with Gasteiger partial charge in [0.05, 0.1) is 49.9 Å². The van der Waals surface area contributed by atoms with E-state index in [0.29, 0.717) is 95.8 Å². The van der Waals surface area contributed by atoms with Crippen molar-refractivity contribution in [3.63, 3.8) is 0 Å². The molecule has 3 aromatic heterocycles. The summed E-state index contributed by atoms with van der Waals surface area (Å²) in [6, 6.07) is 40.3. The van der Waals surface area contributed by atoms with Crippen molar-refractivity contribution in [1.82, 2.24) is 15.0 Å². The largest absolute Gasteiger partial charge is 0.491 e. The Bertz CT molecular complexity index is 2710. The first-order valence-corrected chi connectivity index (χ1v) is 18.8. The Hall–Kier alpha value is -7.02. The number of benzene rings is 5. The van der Waals surface area contributed by atoms with Gasteiger partial charge in [-0.25, -0.2) is 4.68 Å². The van der Waals surface area contributed by atoms with Gasteiger partial charge in [-0.3, -0.25) is 9.59 Å². The van der Waals surface area contributed by atoms with Gasteiger partial charge in [0.2, 0.25) is 11.2 Å². The van der Waals surface area contributed by atoms with Crippen LogP contribution < -0.4 is 25.1 Å². The molecule has 0 fully saturated rings. The van der Waals surface area contributed by atoms with Crippen LogP contribution >= 0.6 is 0 Å². The maximum absolute atomic E-state index is 13.5. The topological polar surface area (TPSA) is 137 Å². The fourth-order valence-corrected chi connectivity index (χ4v) is 6.24. The molecule has 12 nitrogen and oxygen atoms in total. The Morgan fingerprint density at radius 1 is 0.569 bits per heavy atom. The van der Waals surface area contributed by atoms with E-state index in [1.165, 1.54) is 6.07 Å². The average Bonchev–Trinajstić information content (AvgIpc) is 3.72. The number of aromatic nitrogens is 3. The Balaban J connectivity index is 0.751. The molecule has 0 aliphatic carbocycles. The molecule has 0 bridgehead atoms. The predicted octanol–water partition coefficient (Wildman–Crippen LogP) is 8.10. The summed E-state index contributed by atoms with van der Waals surface area (Å²) in [7, 11) is 0. The molecule has 58 heavy (non-hydrogen) atoms. The van der Waals surface area contributed by atoms with Crippen LogP contribution in [0.4, 0.5) is 0 Å². The standard InChI is InChI=1S/C46H39N3O9/c50-40-28-42(33-11-5-2-6-12-33)57-43-27-37(19-20-38(40)43)55-26-24-53-31-35-29-49(48-47-35)21-22-52-23-25-54-36-17-15-34(16-18-36)45-46(56-30-32-9-3-1-4-10-32)44(51)39-13-7-8-14-41(39)58-45/h1-20,27-29H,21-26,30-31H2. The van der Waals surface area contributed by atoms with E-state index >= 15 is 0 Å². The normalized spacial score (nSPS) is 11.2. The maximum Gasteiger partial charge on any atom is 0.235 e. The smallest absolute Gasteiger partial charge is 0.235 e. The van der Waals surface area contributed by atoms with Crippen LogP contribution in [-0.4, -0.2) is 48.0 Å². The van der Waals surface area contributed by atoms with Crippen molar-refractivity contribution in [2.75, 3.05) is 33.0 Å². The lowest BCUT2D eigenvalue weighted by Gasteiger charge is -2.12. The van der Waals surface area contributed by atoms with Gasteiger partial charge < -0.3 is 32.5 Å². The van der Waals surface area contributed by atoms with E-state index < -0.39 is 0 Å². The Morgan fingerprint density at radius 3 is 2.12 bits per heavy atom. The van der Waals surface area contributed by atoms with Crippen molar-refractivity contribution in [2.45, 2.75) is 19.8 Å². The first kappa shape index (κ1) is 37.9. The summed E-state index contributed by atoms with van der Waals surface area (Å²) in [5, 5.41) is 9.28. The van der Waals surface area contributed by atoms with Gasteiger partial charge in [-0.15, -0.1) is 5.10 Å².